The lowest BCUT2D eigenvalue weighted by Crippen LogP contribution is -2.33. The van der Waals surface area contributed by atoms with Crippen molar-refractivity contribution in [2.24, 2.45) is 0 Å². The number of fused-ring (bicyclic) bond motifs is 3. The summed E-state index contributed by atoms with van der Waals surface area (Å²) in [6.07, 6.45) is 1.78. The summed E-state index contributed by atoms with van der Waals surface area (Å²) in [5.74, 6) is -1.46. The Morgan fingerprint density at radius 3 is 2.08 bits per heavy atom. The van der Waals surface area contributed by atoms with E-state index in [1.807, 2.05) is 42.5 Å². The molecule has 0 saturated carbocycles. The molecule has 0 aliphatic carbocycles. The number of rotatable bonds is 6. The molecule has 0 radical (unpaired) electrons. The number of thiophene rings is 1. The maximum atomic E-state index is 12.7. The third kappa shape index (κ3) is 4.58. The third-order valence-corrected chi connectivity index (χ3v) is 8.73. The smallest absolute Gasteiger partial charge is 0.323 e. The van der Waals surface area contributed by atoms with Crippen molar-refractivity contribution < 1.29 is 14.7 Å². The van der Waals surface area contributed by atoms with Gasteiger partial charge in [-0.1, -0.05) is 78.6 Å². The summed E-state index contributed by atoms with van der Waals surface area (Å²) in [5.41, 5.74) is 4.11. The summed E-state index contributed by atoms with van der Waals surface area (Å²) < 4.78 is 2.54. The lowest BCUT2D eigenvalue weighted by atomic mass is 10.1. The molecule has 0 unspecified atom stereocenters. The minimum Gasteiger partial charge on any atom is -0.480 e. The van der Waals surface area contributed by atoms with Crippen LogP contribution >= 0.6 is 35.3 Å². The van der Waals surface area contributed by atoms with E-state index in [1.54, 1.807) is 17.4 Å². The van der Waals surface area contributed by atoms with Gasteiger partial charge in [0, 0.05) is 37.2 Å². The fourth-order valence-electron chi connectivity index (χ4n) is 4.54. The second-order valence-electron chi connectivity index (χ2n) is 8.71. The largest absolute Gasteiger partial charge is 0.480 e. The zero-order valence-corrected chi connectivity index (χ0v) is 22.4. The predicted molar refractivity (Wildman–Crippen MR) is 162 cm³/mol. The molecule has 8 heteroatoms. The first-order valence-electron chi connectivity index (χ1n) is 11.8. The number of nitrogens with zero attached hydrogens (tertiary/aromatic N) is 2. The summed E-state index contributed by atoms with van der Waals surface area (Å²) in [5, 5.41) is 11.4. The third-order valence-electron chi connectivity index (χ3n) is 6.23. The van der Waals surface area contributed by atoms with Crippen molar-refractivity contribution in [1.82, 2.24) is 4.90 Å². The first-order chi connectivity index (χ1) is 18.5. The van der Waals surface area contributed by atoms with Gasteiger partial charge in [0.05, 0.1) is 4.91 Å². The molecular weight excluding hydrogens is 533 g/mol. The average molecular weight is 553 g/mol. The van der Waals surface area contributed by atoms with Gasteiger partial charge in [0.2, 0.25) is 0 Å². The fraction of sp³-hybridized carbons (Fsp3) is 0.0333. The Labute approximate surface area is 232 Å². The van der Waals surface area contributed by atoms with Gasteiger partial charge in [-0.2, -0.15) is 0 Å². The van der Waals surface area contributed by atoms with Crippen LogP contribution in [0.15, 0.2) is 102 Å². The van der Waals surface area contributed by atoms with Gasteiger partial charge in [-0.05, 0) is 54.1 Å². The summed E-state index contributed by atoms with van der Waals surface area (Å²) >= 11 is 8.05. The molecule has 1 aliphatic heterocycles. The molecule has 5 aromatic rings. The number of amides is 1. The molecule has 0 spiro atoms. The normalized spacial score (nSPS) is 14.6. The van der Waals surface area contributed by atoms with E-state index in [0.717, 1.165) is 49.4 Å². The van der Waals surface area contributed by atoms with Crippen LogP contribution in [0.1, 0.15) is 5.56 Å². The molecule has 1 fully saturated rings. The number of carbonyl (C=O) groups is 2. The Bertz CT molecular complexity index is 1710. The highest BCUT2D eigenvalue weighted by Crippen LogP contribution is 2.41. The first-order valence-corrected chi connectivity index (χ1v) is 13.9. The van der Waals surface area contributed by atoms with E-state index in [1.165, 1.54) is 10.1 Å². The molecule has 1 N–H and O–H groups in total. The van der Waals surface area contributed by atoms with Crippen LogP contribution in [0.4, 0.5) is 17.1 Å². The van der Waals surface area contributed by atoms with E-state index in [-0.39, 0.29) is 10.2 Å². The maximum absolute atomic E-state index is 12.7. The molecule has 38 heavy (non-hydrogen) atoms. The number of carbonyl (C=O) groups excluding carboxylic acids is 1. The number of benzene rings is 4. The summed E-state index contributed by atoms with van der Waals surface area (Å²) in [6.45, 7) is -0.428. The zero-order valence-electron chi connectivity index (χ0n) is 19.9. The van der Waals surface area contributed by atoms with E-state index >= 15 is 0 Å². The zero-order chi connectivity index (χ0) is 26.2. The maximum Gasteiger partial charge on any atom is 0.323 e. The van der Waals surface area contributed by atoms with Gasteiger partial charge in [-0.25, -0.2) is 0 Å². The van der Waals surface area contributed by atoms with Gasteiger partial charge in [0.1, 0.15) is 10.9 Å². The standard InChI is InChI=1S/C30H20N2O3S3/c33-28(34)18-31-29(35)27(38-30(31)36)16-19-11-13-23-24-14-12-22(17-26(24)37-25(23)15-19)32(20-7-3-1-4-8-20)21-9-5-2-6-10-21/h1-17H,18H2,(H,33,34)/b27-16-. The molecule has 0 bridgehead atoms. The number of carboxylic acids is 1. The number of anilines is 3. The van der Waals surface area contributed by atoms with Crippen LogP contribution < -0.4 is 4.90 Å². The van der Waals surface area contributed by atoms with Crippen LogP contribution in [0, 0.1) is 0 Å². The molecule has 4 aromatic carbocycles. The van der Waals surface area contributed by atoms with Crippen molar-refractivity contribution in [1.29, 1.82) is 0 Å². The average Bonchev–Trinajstić information content (AvgIpc) is 3.41. The Morgan fingerprint density at radius 2 is 1.45 bits per heavy atom. The monoisotopic (exact) mass is 552 g/mol. The Balaban J connectivity index is 1.38. The van der Waals surface area contributed by atoms with Crippen LogP contribution in [-0.2, 0) is 9.59 Å². The van der Waals surface area contributed by atoms with E-state index < -0.39 is 12.5 Å². The lowest BCUT2D eigenvalue weighted by molar-refractivity contribution is -0.140. The van der Waals surface area contributed by atoms with Gasteiger partial charge >= 0.3 is 5.97 Å². The summed E-state index contributed by atoms with van der Waals surface area (Å²) in [7, 11) is 0. The van der Waals surface area contributed by atoms with Crippen LogP contribution in [0.3, 0.4) is 0 Å². The highest BCUT2D eigenvalue weighted by Gasteiger charge is 2.33. The van der Waals surface area contributed by atoms with Crippen LogP contribution in [0.25, 0.3) is 26.2 Å². The van der Waals surface area contributed by atoms with Crippen molar-refractivity contribution >= 4 is 94.8 Å². The van der Waals surface area contributed by atoms with E-state index in [2.05, 4.69) is 59.5 Å². The Kier molecular flexibility index (Phi) is 6.45. The van der Waals surface area contributed by atoms with Crippen molar-refractivity contribution in [3.05, 3.63) is 108 Å². The lowest BCUT2D eigenvalue weighted by Gasteiger charge is -2.25. The Morgan fingerprint density at radius 1 is 0.842 bits per heavy atom. The molecule has 5 nitrogen and oxygen atoms in total. The molecule has 1 saturated heterocycles. The minimum atomic E-state index is -1.09. The van der Waals surface area contributed by atoms with E-state index in [9.17, 15) is 9.59 Å². The van der Waals surface area contributed by atoms with Crippen molar-refractivity contribution in [2.75, 3.05) is 11.4 Å². The Hall–Kier alpha value is -3.98. The number of aliphatic carboxylic acids is 1. The number of thiocarbonyl (C=S) groups is 1. The van der Waals surface area contributed by atoms with Gasteiger partial charge in [-0.3, -0.25) is 14.5 Å². The molecule has 186 valence electrons. The quantitative estimate of drug-likeness (QED) is 0.171. The summed E-state index contributed by atoms with van der Waals surface area (Å²) in [4.78, 5) is 27.6. The number of hydrogen-bond donors (Lipinski definition) is 1. The van der Waals surface area contributed by atoms with E-state index in [0.29, 0.717) is 4.91 Å². The van der Waals surface area contributed by atoms with Crippen LogP contribution in [0.2, 0.25) is 0 Å². The van der Waals surface area contributed by atoms with Crippen molar-refractivity contribution in [2.45, 2.75) is 0 Å². The fourth-order valence-corrected chi connectivity index (χ4v) is 6.98. The molecule has 6 rings (SSSR count). The molecule has 1 aromatic heterocycles. The minimum absolute atomic E-state index is 0.264. The van der Waals surface area contributed by atoms with Gasteiger partial charge in [-0.15, -0.1) is 11.3 Å². The second-order valence-corrected chi connectivity index (χ2v) is 11.5. The van der Waals surface area contributed by atoms with Crippen molar-refractivity contribution in [3.8, 4) is 0 Å². The van der Waals surface area contributed by atoms with Gasteiger partial charge in [0.15, 0.2) is 0 Å². The molecule has 2 heterocycles. The predicted octanol–water partition coefficient (Wildman–Crippen LogP) is 7.81. The molecule has 0 atom stereocenters. The second kappa shape index (κ2) is 10.1. The van der Waals surface area contributed by atoms with Crippen molar-refractivity contribution in [3.63, 3.8) is 0 Å². The first kappa shape index (κ1) is 24.4. The summed E-state index contributed by atoms with van der Waals surface area (Å²) in [6, 6.07) is 33.3. The molecular formula is C30H20N2O3S3. The number of carboxylic acid groups (broad SMARTS) is 1. The molecule has 1 amide bonds. The van der Waals surface area contributed by atoms with Gasteiger partial charge < -0.3 is 10.0 Å². The SMILES string of the molecule is O=C(O)CN1C(=O)/C(=C/c2ccc3c(c2)sc2cc(N(c4ccccc4)c4ccccc4)ccc23)SC1=S. The van der Waals surface area contributed by atoms with Gasteiger partial charge in [0.25, 0.3) is 5.91 Å². The molecule has 1 aliphatic rings. The van der Waals surface area contributed by atoms with Crippen LogP contribution in [-0.4, -0.2) is 32.7 Å². The highest BCUT2D eigenvalue weighted by molar-refractivity contribution is 8.26. The van der Waals surface area contributed by atoms with E-state index in [4.69, 9.17) is 17.3 Å². The topological polar surface area (TPSA) is 60.9 Å². The number of hydrogen-bond acceptors (Lipinski definition) is 6. The van der Waals surface area contributed by atoms with Crippen LogP contribution in [0.5, 0.6) is 0 Å². The number of thioether (sulfide) groups is 1. The highest BCUT2D eigenvalue weighted by atomic mass is 32.2. The number of para-hydroxylation sites is 2.